The van der Waals surface area contributed by atoms with Crippen LogP contribution < -0.4 is 5.73 Å². The molecule has 1 rings (SSSR count). The molecule has 1 aliphatic heterocycles. The average Bonchev–Trinajstić information content (AvgIpc) is 1.78. The van der Waals surface area contributed by atoms with Crippen LogP contribution in [0, 0.1) is 0 Å². The van der Waals surface area contributed by atoms with Crippen molar-refractivity contribution in [3.8, 4) is 0 Å². The molecule has 0 aromatic heterocycles. The quantitative estimate of drug-likeness (QED) is 0.666. The second kappa shape index (κ2) is 5.17. The topological polar surface area (TPSA) is 29.3 Å². The van der Waals surface area contributed by atoms with Crippen molar-refractivity contribution in [3.05, 3.63) is 0 Å². The highest BCUT2D eigenvalue weighted by molar-refractivity contribution is 5.85. The van der Waals surface area contributed by atoms with Crippen LogP contribution in [0.4, 0.5) is 8.78 Å². The molecule has 1 atom stereocenters. The first kappa shape index (κ1) is 14.9. The smallest absolute Gasteiger partial charge is 0.275 e. The third kappa shape index (κ3) is 3.39. The van der Waals surface area contributed by atoms with Gasteiger partial charge < -0.3 is 10.6 Å². The van der Waals surface area contributed by atoms with Gasteiger partial charge in [0.25, 0.3) is 5.92 Å². The zero-order valence-electron chi connectivity index (χ0n) is 6.80. The zero-order chi connectivity index (χ0) is 7.78. The Balaban J connectivity index is 0. The molecule has 2 nitrogen and oxygen atoms in total. The molecule has 1 heterocycles. The van der Waals surface area contributed by atoms with E-state index in [4.69, 9.17) is 5.73 Å². The lowest BCUT2D eigenvalue weighted by molar-refractivity contribution is -0.0733. The lowest BCUT2D eigenvalue weighted by Gasteiger charge is -2.34. The minimum Gasteiger partial charge on any atom is -0.323 e. The standard InChI is InChI=1S/C6H12F2N2.2ClH/c1-10-3-2-5(9)6(7,8)4-10;;/h5H,2-4,9H2,1H3;2*1H/t5-;;/m0../s1. The van der Waals surface area contributed by atoms with Crippen LogP contribution in [0.25, 0.3) is 0 Å². The Morgan fingerprint density at radius 3 is 2.25 bits per heavy atom. The van der Waals surface area contributed by atoms with Crippen LogP contribution in [0.1, 0.15) is 6.42 Å². The van der Waals surface area contributed by atoms with Crippen LogP contribution in [-0.2, 0) is 0 Å². The highest BCUT2D eigenvalue weighted by Gasteiger charge is 2.40. The number of likely N-dealkylation sites (tertiary alicyclic amines) is 1. The molecule has 0 radical (unpaired) electrons. The first-order chi connectivity index (χ1) is 4.52. The maximum atomic E-state index is 12.7. The zero-order valence-corrected chi connectivity index (χ0v) is 8.43. The third-order valence-electron chi connectivity index (χ3n) is 1.85. The third-order valence-corrected chi connectivity index (χ3v) is 1.85. The van der Waals surface area contributed by atoms with Gasteiger partial charge in [0.15, 0.2) is 0 Å². The van der Waals surface area contributed by atoms with Gasteiger partial charge in [-0.05, 0) is 20.0 Å². The molecule has 1 fully saturated rings. The molecule has 1 aliphatic rings. The van der Waals surface area contributed by atoms with E-state index in [2.05, 4.69) is 0 Å². The molecule has 0 saturated carbocycles. The van der Waals surface area contributed by atoms with Gasteiger partial charge in [0.05, 0.1) is 12.6 Å². The summed E-state index contributed by atoms with van der Waals surface area (Å²) in [6, 6.07) is -0.941. The summed E-state index contributed by atoms with van der Waals surface area (Å²) in [6.45, 7) is 0.477. The molecule has 0 spiro atoms. The van der Waals surface area contributed by atoms with Gasteiger partial charge in [-0.1, -0.05) is 0 Å². The van der Waals surface area contributed by atoms with E-state index in [1.54, 1.807) is 11.9 Å². The lowest BCUT2D eigenvalue weighted by atomic mass is 10.0. The maximum absolute atomic E-state index is 12.7. The lowest BCUT2D eigenvalue weighted by Crippen LogP contribution is -2.54. The number of halogens is 4. The Kier molecular flexibility index (Phi) is 6.40. The summed E-state index contributed by atoms with van der Waals surface area (Å²) >= 11 is 0. The normalized spacial score (nSPS) is 28.5. The van der Waals surface area contributed by atoms with E-state index in [0.29, 0.717) is 13.0 Å². The van der Waals surface area contributed by atoms with Gasteiger partial charge >= 0.3 is 0 Å². The van der Waals surface area contributed by atoms with Gasteiger partial charge in [0.1, 0.15) is 0 Å². The summed E-state index contributed by atoms with van der Waals surface area (Å²) in [5, 5.41) is 0. The van der Waals surface area contributed by atoms with Gasteiger partial charge in [0, 0.05) is 0 Å². The molecule has 76 valence electrons. The molecular formula is C6H14Cl2F2N2. The van der Waals surface area contributed by atoms with Crippen molar-refractivity contribution in [2.24, 2.45) is 5.73 Å². The maximum Gasteiger partial charge on any atom is 0.275 e. The van der Waals surface area contributed by atoms with Crippen LogP contribution in [0.2, 0.25) is 0 Å². The van der Waals surface area contributed by atoms with Crippen LogP contribution in [0.3, 0.4) is 0 Å². The molecule has 0 aromatic rings. The molecule has 12 heavy (non-hydrogen) atoms. The van der Waals surface area contributed by atoms with Gasteiger partial charge in [0.2, 0.25) is 0 Å². The second-order valence-corrected chi connectivity index (χ2v) is 2.89. The molecule has 0 bridgehead atoms. The predicted octanol–water partition coefficient (Wildman–Crippen LogP) is 1.13. The molecule has 0 aromatic carbocycles. The summed E-state index contributed by atoms with van der Waals surface area (Å²) in [7, 11) is 1.68. The molecule has 0 unspecified atom stereocenters. The SMILES string of the molecule is CN1CC[C@H](N)C(F)(F)C1.Cl.Cl. The number of nitrogens with zero attached hydrogens (tertiary/aromatic N) is 1. The molecule has 6 heteroatoms. The minimum atomic E-state index is -2.69. The fourth-order valence-electron chi connectivity index (χ4n) is 1.13. The fraction of sp³-hybridized carbons (Fsp3) is 1.00. The number of piperidine rings is 1. The van der Waals surface area contributed by atoms with Gasteiger partial charge in [-0.15, -0.1) is 24.8 Å². The van der Waals surface area contributed by atoms with E-state index in [1.165, 1.54) is 0 Å². The monoisotopic (exact) mass is 222 g/mol. The van der Waals surface area contributed by atoms with Crippen LogP contribution in [0.15, 0.2) is 0 Å². The van der Waals surface area contributed by atoms with Crippen LogP contribution in [0.5, 0.6) is 0 Å². The van der Waals surface area contributed by atoms with Crippen molar-refractivity contribution in [2.45, 2.75) is 18.4 Å². The number of rotatable bonds is 0. The highest BCUT2D eigenvalue weighted by Crippen LogP contribution is 2.24. The predicted molar refractivity (Wildman–Crippen MR) is 49.5 cm³/mol. The first-order valence-corrected chi connectivity index (χ1v) is 3.34. The Hall–Kier alpha value is 0.360. The molecule has 0 amide bonds. The molecule has 1 saturated heterocycles. The van der Waals surface area contributed by atoms with E-state index in [0.717, 1.165) is 0 Å². The van der Waals surface area contributed by atoms with Gasteiger partial charge in [-0.3, -0.25) is 0 Å². The van der Waals surface area contributed by atoms with E-state index < -0.39 is 12.0 Å². The van der Waals surface area contributed by atoms with Crippen molar-refractivity contribution in [2.75, 3.05) is 20.1 Å². The number of hydrogen-bond acceptors (Lipinski definition) is 2. The average molecular weight is 223 g/mol. The highest BCUT2D eigenvalue weighted by atomic mass is 35.5. The Labute approximate surface area is 83.3 Å². The molecule has 2 N–H and O–H groups in total. The Bertz CT molecular complexity index is 135. The van der Waals surface area contributed by atoms with E-state index in [9.17, 15) is 8.78 Å². The Morgan fingerprint density at radius 1 is 1.42 bits per heavy atom. The summed E-state index contributed by atoms with van der Waals surface area (Å²) < 4.78 is 25.4. The number of alkyl halides is 2. The van der Waals surface area contributed by atoms with Crippen molar-refractivity contribution >= 4 is 24.8 Å². The largest absolute Gasteiger partial charge is 0.323 e. The van der Waals surface area contributed by atoms with Crippen LogP contribution >= 0.6 is 24.8 Å². The molecular weight excluding hydrogens is 209 g/mol. The summed E-state index contributed by atoms with van der Waals surface area (Å²) in [5.41, 5.74) is 5.20. The van der Waals surface area contributed by atoms with Crippen molar-refractivity contribution in [1.82, 2.24) is 4.90 Å². The van der Waals surface area contributed by atoms with Crippen molar-refractivity contribution in [1.29, 1.82) is 0 Å². The Morgan fingerprint density at radius 2 is 1.92 bits per heavy atom. The second-order valence-electron chi connectivity index (χ2n) is 2.89. The van der Waals surface area contributed by atoms with Gasteiger partial charge in [-0.25, -0.2) is 8.78 Å². The van der Waals surface area contributed by atoms with E-state index >= 15 is 0 Å². The van der Waals surface area contributed by atoms with E-state index in [1.807, 2.05) is 0 Å². The van der Waals surface area contributed by atoms with E-state index in [-0.39, 0.29) is 31.4 Å². The number of hydrogen-bond donors (Lipinski definition) is 1. The van der Waals surface area contributed by atoms with Gasteiger partial charge in [-0.2, -0.15) is 0 Å². The number of nitrogens with two attached hydrogens (primary N) is 1. The van der Waals surface area contributed by atoms with Crippen molar-refractivity contribution < 1.29 is 8.78 Å². The first-order valence-electron chi connectivity index (χ1n) is 3.34. The van der Waals surface area contributed by atoms with Crippen LogP contribution in [-0.4, -0.2) is 37.0 Å². The van der Waals surface area contributed by atoms with Crippen molar-refractivity contribution in [3.63, 3.8) is 0 Å². The summed E-state index contributed by atoms with van der Waals surface area (Å²) in [4.78, 5) is 1.60. The minimum absolute atomic E-state index is 0. The fourth-order valence-corrected chi connectivity index (χ4v) is 1.13. The molecule has 0 aliphatic carbocycles. The summed E-state index contributed by atoms with van der Waals surface area (Å²) in [6.07, 6.45) is 0.392. The summed E-state index contributed by atoms with van der Waals surface area (Å²) in [5.74, 6) is -2.69.